The summed E-state index contributed by atoms with van der Waals surface area (Å²) >= 11 is 3.58. The van der Waals surface area contributed by atoms with E-state index in [9.17, 15) is 0 Å². The second-order valence-electron chi connectivity index (χ2n) is 5.20. The molecule has 0 unspecified atom stereocenters. The molecule has 1 aliphatic rings. The molecule has 0 spiro atoms. The molecule has 5 nitrogen and oxygen atoms in total. The summed E-state index contributed by atoms with van der Waals surface area (Å²) < 4.78 is 12.4. The number of hydrogen-bond acceptors (Lipinski definition) is 4. The highest BCUT2D eigenvalue weighted by atomic mass is 79.9. The zero-order valence-corrected chi connectivity index (χ0v) is 13.4. The lowest BCUT2D eigenvalue weighted by molar-refractivity contribution is 0.200. The molecule has 0 amide bonds. The smallest absolute Gasteiger partial charge is 0.162 e. The van der Waals surface area contributed by atoms with Gasteiger partial charge in [0.05, 0.1) is 19.4 Å². The summed E-state index contributed by atoms with van der Waals surface area (Å²) in [6, 6.07) is 3.87. The van der Waals surface area contributed by atoms with Crippen molar-refractivity contribution in [2.45, 2.75) is 31.8 Å². The zero-order chi connectivity index (χ0) is 14.8. The molecule has 0 radical (unpaired) electrons. The number of rotatable bonds is 4. The molecule has 0 aliphatic heterocycles. The van der Waals surface area contributed by atoms with Gasteiger partial charge in [-0.2, -0.15) is 5.10 Å². The van der Waals surface area contributed by atoms with Crippen molar-refractivity contribution < 1.29 is 9.47 Å². The predicted octanol–water partition coefficient (Wildman–Crippen LogP) is 3.75. The number of methoxy groups -OCH3 is 1. The van der Waals surface area contributed by atoms with Gasteiger partial charge in [-0.25, -0.2) is 0 Å². The molecule has 3 rings (SSSR count). The summed E-state index contributed by atoms with van der Waals surface area (Å²) in [7, 11) is 1.65. The number of aromatic nitrogens is 2. The highest BCUT2D eigenvalue weighted by Gasteiger charge is 2.20. The number of anilines is 1. The van der Waals surface area contributed by atoms with Crippen molar-refractivity contribution in [1.29, 1.82) is 0 Å². The Hall–Kier alpha value is -1.69. The molecule has 0 bridgehead atoms. The van der Waals surface area contributed by atoms with E-state index in [0.29, 0.717) is 11.6 Å². The minimum atomic E-state index is 0.288. The van der Waals surface area contributed by atoms with Crippen molar-refractivity contribution in [3.05, 3.63) is 22.8 Å². The number of nitrogens with two attached hydrogens (primary N) is 1. The first-order chi connectivity index (χ1) is 10.2. The van der Waals surface area contributed by atoms with Gasteiger partial charge in [0.15, 0.2) is 11.5 Å². The molecule has 1 heterocycles. The van der Waals surface area contributed by atoms with Crippen LogP contribution >= 0.6 is 15.9 Å². The Morgan fingerprint density at radius 2 is 2.00 bits per heavy atom. The Kier molecular flexibility index (Phi) is 4.05. The average molecular weight is 352 g/mol. The van der Waals surface area contributed by atoms with Gasteiger partial charge >= 0.3 is 0 Å². The summed E-state index contributed by atoms with van der Waals surface area (Å²) in [6.07, 6.45) is 6.67. The van der Waals surface area contributed by atoms with E-state index in [1.54, 1.807) is 13.3 Å². The molecule has 112 valence electrons. The Morgan fingerprint density at radius 1 is 1.24 bits per heavy atom. The normalized spacial score (nSPS) is 15.3. The summed E-state index contributed by atoms with van der Waals surface area (Å²) in [5.41, 5.74) is 7.66. The molecule has 21 heavy (non-hydrogen) atoms. The van der Waals surface area contributed by atoms with Gasteiger partial charge in [-0.1, -0.05) is 15.9 Å². The number of halogens is 1. The summed E-state index contributed by atoms with van der Waals surface area (Å²) in [4.78, 5) is 0. The van der Waals surface area contributed by atoms with Crippen LogP contribution in [0.1, 0.15) is 25.7 Å². The molecule has 6 heteroatoms. The second kappa shape index (κ2) is 5.97. The van der Waals surface area contributed by atoms with Gasteiger partial charge in [0.25, 0.3) is 0 Å². The number of H-pyrrole nitrogens is 1. The molecule has 2 aromatic rings. The van der Waals surface area contributed by atoms with Crippen molar-refractivity contribution in [2.75, 3.05) is 12.8 Å². The molecule has 1 aromatic heterocycles. The van der Waals surface area contributed by atoms with Crippen LogP contribution in [0.3, 0.4) is 0 Å². The number of aromatic amines is 1. The number of nitrogen functional groups attached to an aromatic ring is 1. The predicted molar refractivity (Wildman–Crippen MR) is 85.6 cm³/mol. The Labute approximate surface area is 132 Å². The summed E-state index contributed by atoms with van der Waals surface area (Å²) in [5, 5.41) is 6.70. The molecule has 1 aliphatic carbocycles. The number of ether oxygens (including phenoxy) is 2. The summed E-state index contributed by atoms with van der Waals surface area (Å²) in [6.45, 7) is 0. The first kappa shape index (κ1) is 14.3. The van der Waals surface area contributed by atoms with E-state index in [1.165, 1.54) is 12.8 Å². The van der Waals surface area contributed by atoms with Crippen LogP contribution in [-0.4, -0.2) is 23.4 Å². The molecular formula is C15H18BrN3O2. The topological polar surface area (TPSA) is 73.2 Å². The molecule has 0 saturated heterocycles. The van der Waals surface area contributed by atoms with E-state index in [1.807, 2.05) is 12.1 Å². The number of benzene rings is 1. The highest BCUT2D eigenvalue weighted by Crippen LogP contribution is 2.41. The van der Waals surface area contributed by atoms with Crippen LogP contribution in [0.2, 0.25) is 0 Å². The standard InChI is InChI=1S/C15H18BrN3O2/c1-20-13-6-10(11-8-18-19-15(11)17)12(16)7-14(13)21-9-4-2-3-5-9/h6-9H,2-5H2,1H3,(H3,17,18,19). The van der Waals surface area contributed by atoms with E-state index in [2.05, 4.69) is 26.1 Å². The van der Waals surface area contributed by atoms with E-state index in [0.717, 1.165) is 34.2 Å². The van der Waals surface area contributed by atoms with Crippen LogP contribution < -0.4 is 15.2 Å². The van der Waals surface area contributed by atoms with Crippen LogP contribution in [0.5, 0.6) is 11.5 Å². The maximum atomic E-state index is 6.07. The van der Waals surface area contributed by atoms with Crippen molar-refractivity contribution in [1.82, 2.24) is 10.2 Å². The molecule has 1 fully saturated rings. The lowest BCUT2D eigenvalue weighted by Gasteiger charge is -2.17. The molecule has 1 aromatic carbocycles. The summed E-state index contributed by atoms with van der Waals surface area (Å²) in [5.74, 6) is 2.00. The quantitative estimate of drug-likeness (QED) is 0.879. The SMILES string of the molecule is COc1cc(-c2cn[nH]c2N)c(Br)cc1OC1CCCC1. The highest BCUT2D eigenvalue weighted by molar-refractivity contribution is 9.10. The van der Waals surface area contributed by atoms with Crippen LogP contribution in [0.15, 0.2) is 22.8 Å². The van der Waals surface area contributed by atoms with Crippen LogP contribution in [0.4, 0.5) is 5.82 Å². The minimum absolute atomic E-state index is 0.288. The minimum Gasteiger partial charge on any atom is -0.493 e. The van der Waals surface area contributed by atoms with Gasteiger partial charge in [-0.05, 0) is 37.8 Å². The fourth-order valence-electron chi connectivity index (χ4n) is 2.69. The van der Waals surface area contributed by atoms with E-state index >= 15 is 0 Å². The molecule has 0 atom stereocenters. The van der Waals surface area contributed by atoms with Crippen molar-refractivity contribution in [3.8, 4) is 22.6 Å². The van der Waals surface area contributed by atoms with E-state index in [-0.39, 0.29) is 6.10 Å². The van der Waals surface area contributed by atoms with Gasteiger partial charge < -0.3 is 15.2 Å². The number of nitrogens with zero attached hydrogens (tertiary/aromatic N) is 1. The largest absolute Gasteiger partial charge is 0.493 e. The van der Waals surface area contributed by atoms with Crippen LogP contribution in [-0.2, 0) is 0 Å². The maximum Gasteiger partial charge on any atom is 0.162 e. The van der Waals surface area contributed by atoms with Crippen molar-refractivity contribution >= 4 is 21.7 Å². The Balaban J connectivity index is 1.96. The van der Waals surface area contributed by atoms with E-state index in [4.69, 9.17) is 15.2 Å². The third-order valence-corrected chi connectivity index (χ3v) is 4.46. The van der Waals surface area contributed by atoms with Gasteiger partial charge in [-0.3, -0.25) is 5.10 Å². The third-order valence-electron chi connectivity index (χ3n) is 3.81. The second-order valence-corrected chi connectivity index (χ2v) is 6.06. The van der Waals surface area contributed by atoms with Gasteiger partial charge in [0, 0.05) is 15.6 Å². The van der Waals surface area contributed by atoms with Gasteiger partial charge in [0.1, 0.15) is 5.82 Å². The molecular weight excluding hydrogens is 334 g/mol. The monoisotopic (exact) mass is 351 g/mol. The number of hydrogen-bond donors (Lipinski definition) is 2. The fraction of sp³-hybridized carbons (Fsp3) is 0.400. The average Bonchev–Trinajstić information content (AvgIpc) is 3.11. The van der Waals surface area contributed by atoms with Crippen molar-refractivity contribution in [3.63, 3.8) is 0 Å². The Morgan fingerprint density at radius 3 is 2.62 bits per heavy atom. The first-order valence-corrected chi connectivity index (χ1v) is 7.81. The zero-order valence-electron chi connectivity index (χ0n) is 11.9. The lowest BCUT2D eigenvalue weighted by Crippen LogP contribution is -2.11. The van der Waals surface area contributed by atoms with E-state index < -0.39 is 0 Å². The van der Waals surface area contributed by atoms with Crippen LogP contribution in [0, 0.1) is 0 Å². The molecule has 3 N–H and O–H groups in total. The Bertz CT molecular complexity index is 636. The van der Waals surface area contributed by atoms with Gasteiger partial charge in [-0.15, -0.1) is 0 Å². The third kappa shape index (κ3) is 2.85. The van der Waals surface area contributed by atoms with Gasteiger partial charge in [0.2, 0.25) is 0 Å². The fourth-order valence-corrected chi connectivity index (χ4v) is 3.23. The van der Waals surface area contributed by atoms with Crippen molar-refractivity contribution in [2.24, 2.45) is 0 Å². The maximum absolute atomic E-state index is 6.07. The first-order valence-electron chi connectivity index (χ1n) is 7.02. The number of nitrogens with one attached hydrogen (secondary N) is 1. The lowest BCUT2D eigenvalue weighted by atomic mass is 10.1. The van der Waals surface area contributed by atoms with Crippen LogP contribution in [0.25, 0.3) is 11.1 Å². The molecule has 1 saturated carbocycles.